The number of hydrogen-bond donors (Lipinski definition) is 0. The average Bonchev–Trinajstić information content (AvgIpc) is 2.41. The minimum Gasteiger partial charge on any atom is -0.492 e. The Bertz CT molecular complexity index is 448. The van der Waals surface area contributed by atoms with Crippen LogP contribution in [0.4, 0.5) is 0 Å². The number of hydrogen-bond acceptors (Lipinski definition) is 3. The number of ether oxygens (including phenoxy) is 1. The molecule has 0 saturated carbocycles. The molecule has 0 atom stereocenters. The van der Waals surface area contributed by atoms with Crippen LogP contribution in [0, 0.1) is 5.92 Å². The molecule has 3 nitrogen and oxygen atoms in total. The van der Waals surface area contributed by atoms with Crippen molar-refractivity contribution in [2.24, 2.45) is 5.92 Å². The van der Waals surface area contributed by atoms with Gasteiger partial charge in [-0.2, -0.15) is 0 Å². The van der Waals surface area contributed by atoms with Crippen LogP contribution >= 0.6 is 0 Å². The molecule has 0 spiro atoms. The molecule has 3 aliphatic heterocycles. The molecule has 0 aromatic carbocycles. The van der Waals surface area contributed by atoms with Crippen molar-refractivity contribution in [2.45, 2.75) is 26.2 Å². The number of fused-ring (bicyclic) bond motifs is 3. The van der Waals surface area contributed by atoms with Gasteiger partial charge in [0, 0.05) is 25.0 Å². The molecule has 1 aromatic rings. The van der Waals surface area contributed by atoms with Crippen LogP contribution in [-0.2, 0) is 0 Å². The highest BCUT2D eigenvalue weighted by Crippen LogP contribution is 2.35. The third-order valence-electron chi connectivity index (χ3n) is 3.90. The summed E-state index contributed by atoms with van der Waals surface area (Å²) >= 11 is 0. The number of aromatic nitrogens is 1. The molecular weight excluding hydrogens is 224 g/mol. The molecule has 3 heteroatoms. The van der Waals surface area contributed by atoms with Crippen LogP contribution in [0.2, 0.25) is 0 Å². The molecule has 3 saturated heterocycles. The molecule has 4 heterocycles. The molecule has 4 rings (SSSR count). The Balaban J connectivity index is 1.80. The Labute approximate surface area is 108 Å². The molecule has 2 bridgehead atoms. The van der Waals surface area contributed by atoms with E-state index in [0.29, 0.717) is 6.61 Å². The fourth-order valence-electron chi connectivity index (χ4n) is 2.95. The summed E-state index contributed by atoms with van der Waals surface area (Å²) in [6, 6.07) is 2.08. The van der Waals surface area contributed by atoms with Crippen LogP contribution in [-0.4, -0.2) is 29.6 Å². The van der Waals surface area contributed by atoms with Gasteiger partial charge in [0.05, 0.1) is 12.8 Å². The number of nitrogens with zero attached hydrogens (tertiary/aromatic N) is 2. The highest BCUT2D eigenvalue weighted by Gasteiger charge is 2.28. The lowest BCUT2D eigenvalue weighted by molar-refractivity contribution is 0.163. The van der Waals surface area contributed by atoms with Gasteiger partial charge in [-0.3, -0.25) is 4.98 Å². The zero-order valence-corrected chi connectivity index (χ0v) is 10.9. The normalized spacial score (nSPS) is 21.6. The maximum absolute atomic E-state index is 5.49. The van der Waals surface area contributed by atoms with Crippen molar-refractivity contribution in [1.82, 2.24) is 9.88 Å². The minimum atomic E-state index is 0.690. The van der Waals surface area contributed by atoms with Crippen LogP contribution in [0.15, 0.2) is 24.2 Å². The predicted molar refractivity (Wildman–Crippen MR) is 72.3 cm³/mol. The van der Waals surface area contributed by atoms with Crippen molar-refractivity contribution in [1.29, 1.82) is 0 Å². The lowest BCUT2D eigenvalue weighted by Crippen LogP contribution is -2.39. The van der Waals surface area contributed by atoms with Gasteiger partial charge in [-0.05, 0) is 49.8 Å². The van der Waals surface area contributed by atoms with Crippen molar-refractivity contribution in [3.8, 4) is 5.75 Å². The second-order valence-electron chi connectivity index (χ2n) is 5.16. The molecule has 3 fully saturated rings. The second-order valence-corrected chi connectivity index (χ2v) is 5.16. The van der Waals surface area contributed by atoms with E-state index in [1.807, 2.05) is 13.1 Å². The first-order chi connectivity index (χ1) is 8.85. The van der Waals surface area contributed by atoms with Gasteiger partial charge < -0.3 is 9.64 Å². The average molecular weight is 244 g/mol. The molecular formula is C15H20N2O. The molecule has 0 N–H and O–H groups in total. The SMILES string of the molecule is CCOc1cncc(/C=C2\CC3CCN2CC3)c1. The van der Waals surface area contributed by atoms with Crippen molar-refractivity contribution in [2.75, 3.05) is 19.7 Å². The Kier molecular flexibility index (Phi) is 3.22. The van der Waals surface area contributed by atoms with E-state index in [0.717, 1.165) is 17.2 Å². The molecule has 3 aliphatic rings. The van der Waals surface area contributed by atoms with Gasteiger partial charge in [0.15, 0.2) is 0 Å². The topological polar surface area (TPSA) is 25.4 Å². The van der Waals surface area contributed by atoms with E-state index in [4.69, 9.17) is 4.74 Å². The molecule has 0 aliphatic carbocycles. The fraction of sp³-hybridized carbons (Fsp3) is 0.533. The van der Waals surface area contributed by atoms with Gasteiger partial charge >= 0.3 is 0 Å². The van der Waals surface area contributed by atoms with E-state index in [9.17, 15) is 0 Å². The molecule has 1 aromatic heterocycles. The summed E-state index contributed by atoms with van der Waals surface area (Å²) in [5.74, 6) is 1.77. The molecule has 0 radical (unpaired) electrons. The van der Waals surface area contributed by atoms with E-state index in [1.54, 1.807) is 6.20 Å². The van der Waals surface area contributed by atoms with E-state index < -0.39 is 0 Å². The molecule has 0 unspecified atom stereocenters. The standard InChI is InChI=1S/C15H20N2O/c1-2-18-15-9-13(10-16-11-15)8-14-7-12-3-5-17(14)6-4-12/h8-12H,2-7H2,1H3/b14-8+. The smallest absolute Gasteiger partial charge is 0.138 e. The van der Waals surface area contributed by atoms with E-state index in [2.05, 4.69) is 22.0 Å². The van der Waals surface area contributed by atoms with Crippen LogP contribution in [0.25, 0.3) is 6.08 Å². The Morgan fingerprint density at radius 2 is 2.22 bits per heavy atom. The van der Waals surface area contributed by atoms with Gasteiger partial charge in [0.2, 0.25) is 0 Å². The zero-order chi connectivity index (χ0) is 12.4. The van der Waals surface area contributed by atoms with Crippen molar-refractivity contribution < 1.29 is 4.74 Å². The van der Waals surface area contributed by atoms with Crippen LogP contribution in [0.3, 0.4) is 0 Å². The first kappa shape index (κ1) is 11.6. The van der Waals surface area contributed by atoms with Gasteiger partial charge in [-0.1, -0.05) is 0 Å². The summed E-state index contributed by atoms with van der Waals surface area (Å²) in [6.07, 6.45) is 9.95. The maximum atomic E-state index is 5.49. The lowest BCUT2D eigenvalue weighted by Gasteiger charge is -2.42. The Hall–Kier alpha value is -1.51. The number of allylic oxidation sites excluding steroid dienone is 1. The lowest BCUT2D eigenvalue weighted by atomic mass is 9.85. The first-order valence-electron chi connectivity index (χ1n) is 6.88. The molecule has 18 heavy (non-hydrogen) atoms. The Morgan fingerprint density at radius 1 is 1.39 bits per heavy atom. The first-order valence-corrected chi connectivity index (χ1v) is 6.88. The summed E-state index contributed by atoms with van der Waals surface area (Å²) in [5, 5.41) is 0. The molecule has 0 amide bonds. The number of rotatable bonds is 3. The largest absolute Gasteiger partial charge is 0.492 e. The minimum absolute atomic E-state index is 0.690. The third-order valence-corrected chi connectivity index (χ3v) is 3.90. The van der Waals surface area contributed by atoms with Crippen molar-refractivity contribution >= 4 is 6.08 Å². The summed E-state index contributed by atoms with van der Waals surface area (Å²) in [5.41, 5.74) is 2.64. The zero-order valence-electron chi connectivity index (χ0n) is 10.9. The predicted octanol–water partition coefficient (Wildman–Crippen LogP) is 2.94. The highest BCUT2D eigenvalue weighted by atomic mass is 16.5. The Morgan fingerprint density at radius 3 is 2.89 bits per heavy atom. The maximum Gasteiger partial charge on any atom is 0.138 e. The van der Waals surface area contributed by atoms with E-state index >= 15 is 0 Å². The summed E-state index contributed by atoms with van der Waals surface area (Å²) in [7, 11) is 0. The monoisotopic (exact) mass is 244 g/mol. The fourth-order valence-corrected chi connectivity index (χ4v) is 2.95. The van der Waals surface area contributed by atoms with Crippen LogP contribution < -0.4 is 4.74 Å². The van der Waals surface area contributed by atoms with Crippen molar-refractivity contribution in [3.63, 3.8) is 0 Å². The van der Waals surface area contributed by atoms with E-state index in [-0.39, 0.29) is 0 Å². The van der Waals surface area contributed by atoms with Gasteiger partial charge in [-0.25, -0.2) is 0 Å². The quantitative estimate of drug-likeness (QED) is 0.817. The summed E-state index contributed by atoms with van der Waals surface area (Å²) in [4.78, 5) is 6.76. The van der Waals surface area contributed by atoms with Crippen LogP contribution in [0.1, 0.15) is 31.7 Å². The van der Waals surface area contributed by atoms with E-state index in [1.165, 1.54) is 38.0 Å². The molecule has 96 valence electrons. The van der Waals surface area contributed by atoms with Gasteiger partial charge in [0.1, 0.15) is 5.75 Å². The summed E-state index contributed by atoms with van der Waals surface area (Å²) < 4.78 is 5.49. The van der Waals surface area contributed by atoms with Gasteiger partial charge in [0.25, 0.3) is 0 Å². The van der Waals surface area contributed by atoms with Gasteiger partial charge in [-0.15, -0.1) is 0 Å². The number of pyridine rings is 1. The highest BCUT2D eigenvalue weighted by molar-refractivity contribution is 5.53. The van der Waals surface area contributed by atoms with Crippen molar-refractivity contribution in [3.05, 3.63) is 29.7 Å². The summed E-state index contributed by atoms with van der Waals surface area (Å²) in [6.45, 7) is 5.15. The third kappa shape index (κ3) is 2.35. The number of piperidine rings is 3. The second kappa shape index (κ2) is 5.01. The van der Waals surface area contributed by atoms with Crippen LogP contribution in [0.5, 0.6) is 5.75 Å².